The summed E-state index contributed by atoms with van der Waals surface area (Å²) in [7, 11) is 2.85. The molecule has 0 radical (unpaired) electrons. The number of esters is 1. The third kappa shape index (κ3) is 6.43. The van der Waals surface area contributed by atoms with Crippen molar-refractivity contribution in [3.8, 4) is 11.5 Å². The van der Waals surface area contributed by atoms with Gasteiger partial charge < -0.3 is 14.2 Å². The average molecular weight is 504 g/mol. The summed E-state index contributed by atoms with van der Waals surface area (Å²) >= 11 is 4.43. The maximum atomic E-state index is 11.9. The van der Waals surface area contributed by atoms with Crippen LogP contribution in [0.1, 0.15) is 11.1 Å². The van der Waals surface area contributed by atoms with Crippen molar-refractivity contribution in [3.63, 3.8) is 0 Å². The highest BCUT2D eigenvalue weighted by atomic mass is 79.9. The van der Waals surface area contributed by atoms with Crippen LogP contribution in [0.15, 0.2) is 68.1 Å². The topological polar surface area (TPSA) is 98.6 Å². The molecule has 2 aromatic rings. The quantitative estimate of drug-likeness (QED) is 0.268. The third-order valence-corrected chi connectivity index (χ3v) is 5.34. The van der Waals surface area contributed by atoms with Crippen LogP contribution >= 0.6 is 27.7 Å². The number of halogens is 1. The molecule has 3 rings (SSSR count). The van der Waals surface area contributed by atoms with Gasteiger partial charge in [0.05, 0.1) is 25.3 Å². The number of benzene rings is 2. The fraction of sp³-hybridized carbons (Fsp3) is 0.143. The number of methoxy groups -OCH3 is 2. The van der Waals surface area contributed by atoms with Crippen molar-refractivity contribution in [3.05, 3.63) is 69.0 Å². The van der Waals surface area contributed by atoms with E-state index >= 15 is 0 Å². The summed E-state index contributed by atoms with van der Waals surface area (Å²) < 4.78 is 16.5. The number of hydrogen-bond donors (Lipinski definition) is 1. The van der Waals surface area contributed by atoms with Gasteiger partial charge in [0.25, 0.3) is 5.91 Å². The summed E-state index contributed by atoms with van der Waals surface area (Å²) in [5, 5.41) is 10.8. The van der Waals surface area contributed by atoms with Crippen molar-refractivity contribution in [1.29, 1.82) is 0 Å². The highest BCUT2D eigenvalue weighted by molar-refractivity contribution is 9.10. The van der Waals surface area contributed by atoms with E-state index in [9.17, 15) is 9.59 Å². The molecule has 1 aliphatic rings. The Morgan fingerprint density at radius 1 is 1.23 bits per heavy atom. The van der Waals surface area contributed by atoms with Gasteiger partial charge >= 0.3 is 5.97 Å². The second kappa shape index (κ2) is 10.8. The van der Waals surface area contributed by atoms with Gasteiger partial charge in [-0.25, -0.2) is 4.79 Å². The molecule has 1 amide bonds. The van der Waals surface area contributed by atoms with Gasteiger partial charge in [-0.3, -0.25) is 10.1 Å². The van der Waals surface area contributed by atoms with Crippen LogP contribution in [0.5, 0.6) is 11.5 Å². The molecule has 0 unspecified atom stereocenters. The molecule has 0 aliphatic carbocycles. The Hall–Kier alpha value is -3.11. The van der Waals surface area contributed by atoms with E-state index in [0.717, 1.165) is 33.6 Å². The molecule has 1 heterocycles. The predicted octanol–water partition coefficient (Wildman–Crippen LogP) is 3.65. The van der Waals surface area contributed by atoms with E-state index in [2.05, 4.69) is 36.2 Å². The minimum atomic E-state index is -0.616. The molecule has 0 atom stereocenters. The maximum absolute atomic E-state index is 11.9. The Balaban J connectivity index is 1.71. The summed E-state index contributed by atoms with van der Waals surface area (Å²) in [6.45, 7) is 0.349. The van der Waals surface area contributed by atoms with Crippen molar-refractivity contribution in [2.24, 2.45) is 10.2 Å². The first-order valence-corrected chi connectivity index (χ1v) is 10.5. The van der Waals surface area contributed by atoms with Crippen molar-refractivity contribution in [2.75, 3.05) is 14.2 Å². The number of carbonyl (C=O) groups is 2. The zero-order valence-electron chi connectivity index (χ0n) is 16.6. The number of carbonyl (C=O) groups excluding carboxylic acids is 2. The Labute approximate surface area is 191 Å². The zero-order valence-corrected chi connectivity index (χ0v) is 19.0. The standard InChI is InChI=1S/C21H18BrN3O5S/c1-28-16-5-3-4-13(8-16)12-30-17-7-6-15(22)9-14(17)11-23-25-21-24-20(27)18(31-21)10-19(26)29-2/h3-11H,12H2,1-2H3,(H,24,25,27)/b18-10+,23-11?. The number of nitrogens with zero attached hydrogens (tertiary/aromatic N) is 2. The Kier molecular flexibility index (Phi) is 7.85. The molecule has 0 bridgehead atoms. The van der Waals surface area contributed by atoms with Gasteiger partial charge in [0.15, 0.2) is 5.17 Å². The highest BCUT2D eigenvalue weighted by Crippen LogP contribution is 2.25. The van der Waals surface area contributed by atoms with Crippen LogP contribution in [0.3, 0.4) is 0 Å². The highest BCUT2D eigenvalue weighted by Gasteiger charge is 2.25. The summed E-state index contributed by atoms with van der Waals surface area (Å²) in [5.41, 5.74) is 1.65. The molecule has 1 aliphatic heterocycles. The molecule has 1 fully saturated rings. The lowest BCUT2D eigenvalue weighted by Gasteiger charge is -2.10. The molecule has 1 saturated heterocycles. The smallest absolute Gasteiger partial charge is 0.331 e. The second-order valence-electron chi connectivity index (χ2n) is 6.06. The monoisotopic (exact) mass is 503 g/mol. The Morgan fingerprint density at radius 2 is 2.06 bits per heavy atom. The fourth-order valence-corrected chi connectivity index (χ4v) is 3.58. The number of amidine groups is 1. The summed E-state index contributed by atoms with van der Waals surface area (Å²) in [6, 6.07) is 13.1. The molecule has 31 heavy (non-hydrogen) atoms. The van der Waals surface area contributed by atoms with E-state index in [1.165, 1.54) is 13.3 Å². The van der Waals surface area contributed by atoms with Crippen molar-refractivity contribution in [2.45, 2.75) is 6.61 Å². The van der Waals surface area contributed by atoms with Crippen molar-refractivity contribution < 1.29 is 23.8 Å². The number of nitrogens with one attached hydrogen (secondary N) is 1. The number of ether oxygens (including phenoxy) is 3. The lowest BCUT2D eigenvalue weighted by Crippen LogP contribution is -2.19. The van der Waals surface area contributed by atoms with Crippen molar-refractivity contribution >= 4 is 51.0 Å². The first-order chi connectivity index (χ1) is 15.0. The number of amides is 1. The van der Waals surface area contributed by atoms with Crippen LogP contribution in [0.4, 0.5) is 0 Å². The van der Waals surface area contributed by atoms with Gasteiger partial charge in [-0.1, -0.05) is 28.1 Å². The molecule has 1 N–H and O–H groups in total. The van der Waals surface area contributed by atoms with E-state index in [0.29, 0.717) is 17.9 Å². The number of rotatable bonds is 7. The first-order valence-electron chi connectivity index (χ1n) is 8.93. The molecule has 2 aromatic carbocycles. The fourth-order valence-electron chi connectivity index (χ4n) is 2.46. The molecule has 0 spiro atoms. The minimum absolute atomic E-state index is 0.186. The van der Waals surface area contributed by atoms with E-state index < -0.39 is 11.9 Å². The van der Waals surface area contributed by atoms with Crippen LogP contribution < -0.4 is 14.8 Å². The molecular formula is C21H18BrN3O5S. The van der Waals surface area contributed by atoms with Crippen LogP contribution in [0.25, 0.3) is 0 Å². The number of thioether (sulfide) groups is 1. The molecular weight excluding hydrogens is 486 g/mol. The summed E-state index contributed by atoms with van der Waals surface area (Å²) in [6.07, 6.45) is 2.62. The normalized spacial score (nSPS) is 16.0. The first kappa shape index (κ1) is 22.6. The summed E-state index contributed by atoms with van der Waals surface area (Å²) in [5.74, 6) is 0.319. The molecule has 10 heteroatoms. The SMILES string of the molecule is COC(=O)/C=C1/S/C(=N\N=Cc2cc(Br)ccc2OCc2cccc(OC)c2)NC1=O. The van der Waals surface area contributed by atoms with E-state index in [1.807, 2.05) is 42.5 Å². The third-order valence-electron chi connectivity index (χ3n) is 3.95. The predicted molar refractivity (Wildman–Crippen MR) is 122 cm³/mol. The van der Waals surface area contributed by atoms with Gasteiger partial charge in [-0.2, -0.15) is 5.10 Å². The van der Waals surface area contributed by atoms with E-state index in [4.69, 9.17) is 9.47 Å². The van der Waals surface area contributed by atoms with Crippen LogP contribution in [0.2, 0.25) is 0 Å². The van der Waals surface area contributed by atoms with Crippen LogP contribution in [0, 0.1) is 0 Å². The zero-order chi connectivity index (χ0) is 22.2. The molecule has 0 saturated carbocycles. The Morgan fingerprint density at radius 3 is 2.84 bits per heavy atom. The molecule has 160 valence electrons. The van der Waals surface area contributed by atoms with Gasteiger partial charge in [0.1, 0.15) is 18.1 Å². The second-order valence-corrected chi connectivity index (χ2v) is 8.01. The van der Waals surface area contributed by atoms with Gasteiger partial charge in [-0.15, -0.1) is 5.10 Å². The number of hydrogen-bond acceptors (Lipinski definition) is 8. The lowest BCUT2D eigenvalue weighted by atomic mass is 10.2. The van der Waals surface area contributed by atoms with E-state index in [-0.39, 0.29) is 10.1 Å². The van der Waals surface area contributed by atoms with Gasteiger partial charge in [0.2, 0.25) is 0 Å². The lowest BCUT2D eigenvalue weighted by molar-refractivity contribution is -0.135. The maximum Gasteiger partial charge on any atom is 0.331 e. The van der Waals surface area contributed by atoms with Crippen LogP contribution in [-0.4, -0.2) is 37.5 Å². The largest absolute Gasteiger partial charge is 0.497 e. The van der Waals surface area contributed by atoms with E-state index in [1.54, 1.807) is 7.11 Å². The van der Waals surface area contributed by atoms with Gasteiger partial charge in [-0.05, 0) is 47.7 Å². The summed E-state index contributed by atoms with van der Waals surface area (Å²) in [4.78, 5) is 23.3. The van der Waals surface area contributed by atoms with Crippen molar-refractivity contribution in [1.82, 2.24) is 5.32 Å². The van der Waals surface area contributed by atoms with Crippen LogP contribution in [-0.2, 0) is 20.9 Å². The molecule has 8 nitrogen and oxygen atoms in total. The molecule has 0 aromatic heterocycles. The average Bonchev–Trinajstić information content (AvgIpc) is 3.12. The minimum Gasteiger partial charge on any atom is -0.497 e. The van der Waals surface area contributed by atoms with Gasteiger partial charge in [0, 0.05) is 16.1 Å². The Bertz CT molecular complexity index is 1080.